The summed E-state index contributed by atoms with van der Waals surface area (Å²) in [5.74, 6) is 0.727. The normalized spacial score (nSPS) is 20.4. The van der Waals surface area contributed by atoms with Crippen LogP contribution in [0.3, 0.4) is 0 Å². The largest absolute Gasteiger partial charge is 0.393 e. The lowest BCUT2D eigenvalue weighted by molar-refractivity contribution is -0.126. The average Bonchev–Trinajstić information content (AvgIpc) is 3.15. The zero-order valence-electron chi connectivity index (χ0n) is 15.1. The summed E-state index contributed by atoms with van der Waals surface area (Å²) in [5.41, 5.74) is 0. The number of aliphatic imine (C=N–C) groups is 1. The fraction of sp³-hybridized carbons (Fsp3) is 0.588. The number of nitrogens with zero attached hydrogens (tertiary/aromatic N) is 5. The lowest BCUT2D eigenvalue weighted by atomic mass is 10.2. The van der Waals surface area contributed by atoms with Gasteiger partial charge >= 0.3 is 6.18 Å². The molecule has 0 N–H and O–H groups in total. The fourth-order valence-electron chi connectivity index (χ4n) is 3.27. The lowest BCUT2D eigenvalue weighted by Crippen LogP contribution is -2.48. The van der Waals surface area contributed by atoms with Crippen LogP contribution in [0.15, 0.2) is 17.4 Å². The van der Waals surface area contributed by atoms with Gasteiger partial charge in [-0.2, -0.15) is 13.2 Å². The monoisotopic (exact) mass is 415 g/mol. The second-order valence-electron chi connectivity index (χ2n) is 7.36. The van der Waals surface area contributed by atoms with E-state index >= 15 is 0 Å². The molecule has 0 spiro atoms. The first kappa shape index (κ1) is 18.8. The van der Waals surface area contributed by atoms with E-state index < -0.39 is 12.6 Å². The predicted molar refractivity (Wildman–Crippen MR) is 105 cm³/mol. The maximum absolute atomic E-state index is 12.7. The Kier molecular flexibility index (Phi) is 4.74. The maximum atomic E-state index is 12.7. The summed E-state index contributed by atoms with van der Waals surface area (Å²) < 4.78 is 38.3. The SMILES string of the molecule is CC1(C)CN=C(N2CCN(c3ncnc4sc(CC(F)(F)F)cc34)CC2)S1. The van der Waals surface area contributed by atoms with E-state index in [9.17, 15) is 13.2 Å². The van der Waals surface area contributed by atoms with Crippen molar-refractivity contribution < 1.29 is 13.2 Å². The van der Waals surface area contributed by atoms with Crippen LogP contribution in [0.2, 0.25) is 0 Å². The van der Waals surface area contributed by atoms with Gasteiger partial charge in [-0.15, -0.1) is 11.3 Å². The maximum Gasteiger partial charge on any atom is 0.393 e. The first-order valence-corrected chi connectivity index (χ1v) is 10.4. The Morgan fingerprint density at radius 1 is 1.11 bits per heavy atom. The van der Waals surface area contributed by atoms with Gasteiger partial charge in [0.15, 0.2) is 5.17 Å². The molecule has 0 atom stereocenters. The van der Waals surface area contributed by atoms with Crippen molar-refractivity contribution >= 4 is 44.3 Å². The van der Waals surface area contributed by atoms with Crippen molar-refractivity contribution in [1.82, 2.24) is 14.9 Å². The Hall–Kier alpha value is -1.55. The van der Waals surface area contributed by atoms with Crippen molar-refractivity contribution in [3.8, 4) is 0 Å². The molecule has 0 aliphatic carbocycles. The number of amidine groups is 1. The standard InChI is InChI=1S/C17H20F3N5S2/c1-16(2)9-21-15(27-16)25-5-3-24(4-6-25)13-12-7-11(8-17(18,19)20)26-14(12)23-10-22-13/h7,10H,3-6,8-9H2,1-2H3. The molecule has 27 heavy (non-hydrogen) atoms. The lowest BCUT2D eigenvalue weighted by Gasteiger charge is -2.36. The van der Waals surface area contributed by atoms with E-state index in [-0.39, 0.29) is 9.62 Å². The van der Waals surface area contributed by atoms with Gasteiger partial charge in [-0.3, -0.25) is 4.99 Å². The molecule has 0 bridgehead atoms. The van der Waals surface area contributed by atoms with Gasteiger partial charge in [0.05, 0.1) is 18.4 Å². The number of hydrogen-bond acceptors (Lipinski definition) is 7. The Morgan fingerprint density at radius 3 is 2.44 bits per heavy atom. The van der Waals surface area contributed by atoms with Gasteiger partial charge in [0.2, 0.25) is 0 Å². The van der Waals surface area contributed by atoms with Crippen LogP contribution in [0.25, 0.3) is 10.2 Å². The molecule has 146 valence electrons. The van der Waals surface area contributed by atoms with E-state index in [1.54, 1.807) is 6.07 Å². The summed E-state index contributed by atoms with van der Waals surface area (Å²) in [6.07, 6.45) is -3.70. The van der Waals surface area contributed by atoms with E-state index in [0.717, 1.165) is 55.0 Å². The van der Waals surface area contributed by atoms with Crippen molar-refractivity contribution in [3.05, 3.63) is 17.3 Å². The van der Waals surface area contributed by atoms with Gasteiger partial charge in [-0.05, 0) is 19.9 Å². The molecule has 0 saturated carbocycles. The highest BCUT2D eigenvalue weighted by Gasteiger charge is 2.32. The number of hydrogen-bond donors (Lipinski definition) is 0. The number of alkyl halides is 3. The summed E-state index contributed by atoms with van der Waals surface area (Å²) in [7, 11) is 0. The van der Waals surface area contributed by atoms with E-state index in [0.29, 0.717) is 10.2 Å². The minimum atomic E-state index is -4.21. The molecule has 1 saturated heterocycles. The van der Waals surface area contributed by atoms with Gasteiger partial charge in [0.1, 0.15) is 17.0 Å². The van der Waals surface area contributed by atoms with Crippen LogP contribution < -0.4 is 4.90 Å². The summed E-state index contributed by atoms with van der Waals surface area (Å²) in [6.45, 7) is 8.39. The number of thiophene rings is 1. The molecule has 5 nitrogen and oxygen atoms in total. The van der Waals surface area contributed by atoms with Gasteiger partial charge < -0.3 is 9.80 Å². The highest BCUT2D eigenvalue weighted by atomic mass is 32.2. The van der Waals surface area contributed by atoms with Crippen molar-refractivity contribution in [2.24, 2.45) is 4.99 Å². The van der Waals surface area contributed by atoms with E-state index in [1.165, 1.54) is 6.33 Å². The number of halogens is 3. The predicted octanol–water partition coefficient (Wildman–Crippen LogP) is 3.80. The Bertz CT molecular complexity index is 869. The average molecular weight is 416 g/mol. The topological polar surface area (TPSA) is 44.6 Å². The van der Waals surface area contributed by atoms with Gasteiger partial charge in [-0.25, -0.2) is 9.97 Å². The van der Waals surface area contributed by atoms with Crippen molar-refractivity contribution in [2.45, 2.75) is 31.2 Å². The Labute approximate surface area is 163 Å². The third kappa shape index (κ3) is 4.16. The second-order valence-corrected chi connectivity index (χ2v) is 10.1. The summed E-state index contributed by atoms with van der Waals surface area (Å²) in [5, 5.41) is 1.80. The highest BCUT2D eigenvalue weighted by molar-refractivity contribution is 8.15. The number of thioether (sulfide) groups is 1. The third-order valence-electron chi connectivity index (χ3n) is 4.55. The van der Waals surface area contributed by atoms with Gasteiger partial charge in [0.25, 0.3) is 0 Å². The van der Waals surface area contributed by atoms with Crippen molar-refractivity contribution in [2.75, 3.05) is 37.6 Å². The number of aromatic nitrogens is 2. The molecule has 2 aliphatic heterocycles. The van der Waals surface area contributed by atoms with E-state index in [1.807, 2.05) is 11.8 Å². The molecule has 2 aromatic heterocycles. The zero-order valence-corrected chi connectivity index (χ0v) is 16.7. The molecule has 0 amide bonds. The van der Waals surface area contributed by atoms with Gasteiger partial charge in [-0.1, -0.05) is 11.8 Å². The number of piperazine rings is 1. The summed E-state index contributed by atoms with van der Waals surface area (Å²) >= 11 is 2.90. The third-order valence-corrected chi connectivity index (χ3v) is 6.84. The molecule has 2 aliphatic rings. The van der Waals surface area contributed by atoms with Crippen LogP contribution in [0.4, 0.5) is 19.0 Å². The van der Waals surface area contributed by atoms with Crippen LogP contribution in [0.5, 0.6) is 0 Å². The molecular formula is C17H20F3N5S2. The molecular weight excluding hydrogens is 395 g/mol. The molecule has 10 heteroatoms. The van der Waals surface area contributed by atoms with E-state index in [4.69, 9.17) is 0 Å². The molecule has 4 rings (SSSR count). The van der Waals surface area contributed by atoms with Crippen molar-refractivity contribution in [1.29, 1.82) is 0 Å². The minimum absolute atomic E-state index is 0.150. The Morgan fingerprint density at radius 2 is 1.81 bits per heavy atom. The fourth-order valence-corrected chi connectivity index (χ4v) is 5.36. The van der Waals surface area contributed by atoms with Crippen LogP contribution in [-0.2, 0) is 6.42 Å². The van der Waals surface area contributed by atoms with Crippen LogP contribution >= 0.6 is 23.1 Å². The summed E-state index contributed by atoms with van der Waals surface area (Å²) in [6, 6.07) is 1.59. The first-order chi connectivity index (χ1) is 12.7. The number of fused-ring (bicyclic) bond motifs is 1. The Balaban J connectivity index is 1.49. The number of anilines is 1. The van der Waals surface area contributed by atoms with E-state index in [2.05, 4.69) is 38.6 Å². The smallest absolute Gasteiger partial charge is 0.352 e. The second kappa shape index (κ2) is 6.80. The minimum Gasteiger partial charge on any atom is -0.352 e. The summed E-state index contributed by atoms with van der Waals surface area (Å²) in [4.78, 5) is 18.5. The van der Waals surface area contributed by atoms with Crippen molar-refractivity contribution in [3.63, 3.8) is 0 Å². The van der Waals surface area contributed by atoms with Crippen LogP contribution in [0, 0.1) is 0 Å². The van der Waals surface area contributed by atoms with Crippen LogP contribution in [0.1, 0.15) is 18.7 Å². The zero-order chi connectivity index (χ0) is 19.2. The molecule has 4 heterocycles. The molecule has 0 unspecified atom stereocenters. The highest BCUT2D eigenvalue weighted by Crippen LogP contribution is 2.36. The van der Waals surface area contributed by atoms with Gasteiger partial charge in [0, 0.05) is 35.8 Å². The first-order valence-electron chi connectivity index (χ1n) is 8.74. The molecule has 0 aromatic carbocycles. The number of rotatable bonds is 2. The van der Waals surface area contributed by atoms with Crippen LogP contribution in [-0.4, -0.2) is 63.7 Å². The molecule has 0 radical (unpaired) electrons. The molecule has 1 fully saturated rings. The quantitative estimate of drug-likeness (QED) is 0.747. The molecule has 2 aromatic rings.